The monoisotopic (exact) mass is 229 g/mol. The normalized spacial score (nSPS) is 21.6. The Hall–Kier alpha value is -0.800. The van der Waals surface area contributed by atoms with Crippen LogP contribution in [0.4, 0.5) is 4.39 Å². The molecule has 2 rings (SSSR count). The van der Waals surface area contributed by atoms with Crippen molar-refractivity contribution >= 4 is 11.6 Å². The molecule has 0 aliphatic carbocycles. The lowest BCUT2D eigenvalue weighted by atomic mass is 9.91. The number of rotatable bonds is 1. The minimum Gasteiger partial charge on any atom is -0.506 e. The molecule has 0 spiro atoms. The predicted octanol–water partition coefficient (Wildman–Crippen LogP) is 2.65. The Kier molecular flexibility index (Phi) is 3.12. The molecular weight excluding hydrogens is 217 g/mol. The second kappa shape index (κ2) is 4.37. The van der Waals surface area contributed by atoms with Gasteiger partial charge in [0.05, 0.1) is 0 Å². The standard InChI is InChI=1S/C11H13ClFNO/c12-10-9(15)4-3-8(11(10)13)7-2-1-5-14-6-7/h3-4,7,14-15H,1-2,5-6H2. The second-order valence-corrected chi connectivity index (χ2v) is 4.22. The Labute approximate surface area is 93.1 Å². The fourth-order valence-electron chi connectivity index (χ4n) is 1.99. The number of nitrogens with one attached hydrogen (secondary N) is 1. The van der Waals surface area contributed by atoms with Crippen LogP contribution in [0.15, 0.2) is 12.1 Å². The average molecular weight is 230 g/mol. The first-order valence-electron chi connectivity index (χ1n) is 5.07. The van der Waals surface area contributed by atoms with Crippen LogP contribution in [-0.4, -0.2) is 18.2 Å². The van der Waals surface area contributed by atoms with E-state index < -0.39 is 5.82 Å². The van der Waals surface area contributed by atoms with Crippen LogP contribution in [0.1, 0.15) is 24.3 Å². The van der Waals surface area contributed by atoms with Gasteiger partial charge in [0.15, 0.2) is 0 Å². The van der Waals surface area contributed by atoms with Crippen LogP contribution in [0.25, 0.3) is 0 Å². The number of halogens is 2. The lowest BCUT2D eigenvalue weighted by Gasteiger charge is -2.23. The van der Waals surface area contributed by atoms with Crippen LogP contribution in [-0.2, 0) is 0 Å². The molecule has 15 heavy (non-hydrogen) atoms. The Morgan fingerprint density at radius 2 is 2.27 bits per heavy atom. The van der Waals surface area contributed by atoms with Gasteiger partial charge >= 0.3 is 0 Å². The van der Waals surface area contributed by atoms with E-state index in [2.05, 4.69) is 5.32 Å². The maximum absolute atomic E-state index is 13.7. The van der Waals surface area contributed by atoms with Crippen molar-refractivity contribution in [2.24, 2.45) is 0 Å². The van der Waals surface area contributed by atoms with Gasteiger partial charge in [-0.15, -0.1) is 0 Å². The number of benzene rings is 1. The largest absolute Gasteiger partial charge is 0.506 e. The molecule has 4 heteroatoms. The van der Waals surface area contributed by atoms with Gasteiger partial charge in [0, 0.05) is 6.54 Å². The minimum absolute atomic E-state index is 0.164. The van der Waals surface area contributed by atoms with E-state index in [9.17, 15) is 9.50 Å². The first-order valence-corrected chi connectivity index (χ1v) is 5.45. The van der Waals surface area contributed by atoms with Crippen LogP contribution in [0.3, 0.4) is 0 Å². The van der Waals surface area contributed by atoms with Gasteiger partial charge in [0.2, 0.25) is 0 Å². The Morgan fingerprint density at radius 3 is 2.93 bits per heavy atom. The van der Waals surface area contributed by atoms with Crippen LogP contribution < -0.4 is 5.32 Å². The van der Waals surface area contributed by atoms with Crippen LogP contribution in [0, 0.1) is 5.82 Å². The second-order valence-electron chi connectivity index (χ2n) is 3.85. The summed E-state index contributed by atoms with van der Waals surface area (Å²) in [5, 5.41) is 12.3. The molecule has 0 saturated carbocycles. The summed E-state index contributed by atoms with van der Waals surface area (Å²) in [4.78, 5) is 0. The van der Waals surface area contributed by atoms with E-state index in [1.165, 1.54) is 6.07 Å². The summed E-state index contributed by atoms with van der Waals surface area (Å²) in [6, 6.07) is 3.07. The third-order valence-corrected chi connectivity index (χ3v) is 3.19. The van der Waals surface area contributed by atoms with Gasteiger partial charge in [0.25, 0.3) is 0 Å². The van der Waals surface area contributed by atoms with Gasteiger partial charge in [-0.25, -0.2) is 4.39 Å². The van der Waals surface area contributed by atoms with Crippen molar-refractivity contribution in [2.75, 3.05) is 13.1 Å². The molecule has 1 atom stereocenters. The molecule has 0 radical (unpaired) electrons. The Balaban J connectivity index is 2.31. The van der Waals surface area contributed by atoms with Crippen LogP contribution in [0.5, 0.6) is 5.75 Å². The molecule has 0 bridgehead atoms. The molecule has 1 unspecified atom stereocenters. The topological polar surface area (TPSA) is 32.3 Å². The Bertz CT molecular complexity index is 364. The van der Waals surface area contributed by atoms with Gasteiger partial charge in [-0.1, -0.05) is 17.7 Å². The molecule has 82 valence electrons. The van der Waals surface area contributed by atoms with E-state index in [0.717, 1.165) is 25.9 Å². The highest BCUT2D eigenvalue weighted by Crippen LogP contribution is 2.33. The van der Waals surface area contributed by atoms with Gasteiger partial charge in [-0.05, 0) is 36.9 Å². The fourth-order valence-corrected chi connectivity index (χ4v) is 2.16. The van der Waals surface area contributed by atoms with Crippen molar-refractivity contribution in [3.8, 4) is 5.75 Å². The summed E-state index contributed by atoms with van der Waals surface area (Å²) in [6.45, 7) is 1.77. The summed E-state index contributed by atoms with van der Waals surface area (Å²) >= 11 is 5.66. The smallest absolute Gasteiger partial charge is 0.149 e. The Morgan fingerprint density at radius 1 is 1.47 bits per heavy atom. The molecule has 1 saturated heterocycles. The molecule has 0 amide bonds. The lowest BCUT2D eigenvalue weighted by Crippen LogP contribution is -2.28. The van der Waals surface area contributed by atoms with Gasteiger partial charge in [0.1, 0.15) is 16.6 Å². The maximum Gasteiger partial charge on any atom is 0.149 e. The minimum atomic E-state index is -0.481. The first-order chi connectivity index (χ1) is 7.20. The number of hydrogen-bond acceptors (Lipinski definition) is 2. The number of hydrogen-bond donors (Lipinski definition) is 2. The van der Waals surface area contributed by atoms with E-state index >= 15 is 0 Å². The van der Waals surface area contributed by atoms with E-state index in [-0.39, 0.29) is 16.7 Å². The first kappa shape index (κ1) is 10.7. The zero-order chi connectivity index (χ0) is 10.8. The molecule has 1 aliphatic rings. The lowest BCUT2D eigenvalue weighted by molar-refractivity contribution is 0.439. The van der Waals surface area contributed by atoms with Crippen molar-refractivity contribution < 1.29 is 9.50 Å². The number of phenolic OH excluding ortho intramolecular Hbond substituents is 1. The highest BCUT2D eigenvalue weighted by Gasteiger charge is 2.21. The molecule has 0 aromatic heterocycles. The highest BCUT2D eigenvalue weighted by atomic mass is 35.5. The molecule has 1 aromatic carbocycles. The molecular formula is C11H13ClFNO. The van der Waals surface area contributed by atoms with E-state index in [1.54, 1.807) is 6.07 Å². The molecule has 1 heterocycles. The molecule has 1 fully saturated rings. The van der Waals surface area contributed by atoms with E-state index in [4.69, 9.17) is 11.6 Å². The fraction of sp³-hybridized carbons (Fsp3) is 0.455. The zero-order valence-electron chi connectivity index (χ0n) is 8.26. The summed E-state index contributed by atoms with van der Waals surface area (Å²) in [7, 11) is 0. The van der Waals surface area contributed by atoms with Crippen molar-refractivity contribution in [1.82, 2.24) is 5.32 Å². The molecule has 2 nitrogen and oxygen atoms in total. The third kappa shape index (κ3) is 2.08. The van der Waals surface area contributed by atoms with Crippen molar-refractivity contribution in [3.05, 3.63) is 28.5 Å². The average Bonchev–Trinajstić information content (AvgIpc) is 2.27. The zero-order valence-corrected chi connectivity index (χ0v) is 9.02. The number of piperidine rings is 1. The maximum atomic E-state index is 13.7. The summed E-state index contributed by atoms with van der Waals surface area (Å²) in [5.74, 6) is -0.510. The molecule has 2 N–H and O–H groups in total. The SMILES string of the molecule is Oc1ccc(C2CCCNC2)c(F)c1Cl. The summed E-state index contributed by atoms with van der Waals surface area (Å²) < 4.78 is 13.7. The summed E-state index contributed by atoms with van der Waals surface area (Å²) in [5.41, 5.74) is 0.602. The van der Waals surface area contributed by atoms with Gasteiger partial charge in [-0.3, -0.25) is 0 Å². The predicted molar refractivity (Wildman–Crippen MR) is 57.9 cm³/mol. The van der Waals surface area contributed by atoms with Crippen LogP contribution in [0.2, 0.25) is 5.02 Å². The quantitative estimate of drug-likeness (QED) is 0.776. The van der Waals surface area contributed by atoms with E-state index in [1.807, 2.05) is 0 Å². The summed E-state index contributed by atoms with van der Waals surface area (Å²) in [6.07, 6.45) is 2.01. The number of aromatic hydroxyl groups is 1. The van der Waals surface area contributed by atoms with Crippen LogP contribution >= 0.6 is 11.6 Å². The third-order valence-electron chi connectivity index (χ3n) is 2.83. The van der Waals surface area contributed by atoms with Gasteiger partial charge < -0.3 is 10.4 Å². The van der Waals surface area contributed by atoms with E-state index in [0.29, 0.717) is 5.56 Å². The van der Waals surface area contributed by atoms with Crippen molar-refractivity contribution in [3.63, 3.8) is 0 Å². The van der Waals surface area contributed by atoms with Crippen molar-refractivity contribution in [2.45, 2.75) is 18.8 Å². The van der Waals surface area contributed by atoms with Crippen molar-refractivity contribution in [1.29, 1.82) is 0 Å². The highest BCUT2D eigenvalue weighted by molar-refractivity contribution is 6.32. The number of phenols is 1. The van der Waals surface area contributed by atoms with Gasteiger partial charge in [-0.2, -0.15) is 0 Å². The molecule has 1 aromatic rings. The molecule has 1 aliphatic heterocycles.